The lowest BCUT2D eigenvalue weighted by molar-refractivity contribution is 1.15. The molecule has 2 heterocycles. The van der Waals surface area contributed by atoms with Crippen LogP contribution in [0.4, 0.5) is 5.69 Å². The van der Waals surface area contributed by atoms with Gasteiger partial charge in [0.05, 0.1) is 16.1 Å². The number of nitrogens with one attached hydrogen (secondary N) is 1. The molecule has 0 radical (unpaired) electrons. The number of H-pyrrole nitrogens is 1. The standard InChI is InChI=1S/C13H12ClN3S/c1-2-7-3-4-18-12(7)13-16-10-6-8(14)5-9(15)11(10)17-13/h3-6H,2,15H2,1H3,(H,16,17). The molecule has 0 amide bonds. The van der Waals surface area contributed by atoms with E-state index in [1.807, 2.05) is 6.07 Å². The molecule has 0 unspecified atom stereocenters. The molecule has 0 aliphatic rings. The van der Waals surface area contributed by atoms with Gasteiger partial charge in [0, 0.05) is 5.02 Å². The first-order chi connectivity index (χ1) is 8.69. The van der Waals surface area contributed by atoms with E-state index in [2.05, 4.69) is 28.3 Å². The van der Waals surface area contributed by atoms with Crippen molar-refractivity contribution < 1.29 is 0 Å². The third kappa shape index (κ3) is 1.78. The predicted molar refractivity (Wildman–Crippen MR) is 78.2 cm³/mol. The fourth-order valence-corrected chi connectivity index (χ4v) is 3.20. The molecule has 1 aromatic carbocycles. The van der Waals surface area contributed by atoms with Crippen molar-refractivity contribution in [3.8, 4) is 10.7 Å². The summed E-state index contributed by atoms with van der Waals surface area (Å²) >= 11 is 7.68. The van der Waals surface area contributed by atoms with Gasteiger partial charge in [0.1, 0.15) is 11.3 Å². The Hall–Kier alpha value is -1.52. The number of anilines is 1. The Labute approximate surface area is 114 Å². The van der Waals surface area contributed by atoms with E-state index in [1.165, 1.54) is 10.4 Å². The lowest BCUT2D eigenvalue weighted by atomic mass is 10.2. The highest BCUT2D eigenvalue weighted by atomic mass is 35.5. The van der Waals surface area contributed by atoms with Gasteiger partial charge in [-0.1, -0.05) is 18.5 Å². The number of hydrogen-bond donors (Lipinski definition) is 2. The first kappa shape index (κ1) is 11.6. The minimum Gasteiger partial charge on any atom is -0.397 e. The second-order valence-electron chi connectivity index (χ2n) is 4.11. The van der Waals surface area contributed by atoms with Crippen LogP contribution in [0.1, 0.15) is 12.5 Å². The monoisotopic (exact) mass is 277 g/mol. The maximum Gasteiger partial charge on any atom is 0.148 e. The highest BCUT2D eigenvalue weighted by Gasteiger charge is 2.12. The summed E-state index contributed by atoms with van der Waals surface area (Å²) in [6.45, 7) is 2.14. The van der Waals surface area contributed by atoms with Crippen LogP contribution in [0.3, 0.4) is 0 Å². The average Bonchev–Trinajstić information content (AvgIpc) is 2.92. The summed E-state index contributed by atoms with van der Waals surface area (Å²) in [7, 11) is 0. The van der Waals surface area contributed by atoms with Crippen LogP contribution in [-0.2, 0) is 6.42 Å². The Morgan fingerprint density at radius 1 is 1.44 bits per heavy atom. The number of aromatic nitrogens is 2. The van der Waals surface area contributed by atoms with Gasteiger partial charge in [0.25, 0.3) is 0 Å². The molecule has 0 saturated carbocycles. The second kappa shape index (κ2) is 4.30. The maximum atomic E-state index is 5.99. The number of benzene rings is 1. The first-order valence-electron chi connectivity index (χ1n) is 5.70. The van der Waals surface area contributed by atoms with E-state index in [-0.39, 0.29) is 0 Å². The van der Waals surface area contributed by atoms with Gasteiger partial charge >= 0.3 is 0 Å². The number of rotatable bonds is 2. The van der Waals surface area contributed by atoms with Crippen molar-refractivity contribution in [1.29, 1.82) is 0 Å². The Balaban J connectivity index is 2.22. The van der Waals surface area contributed by atoms with Crippen LogP contribution in [0.25, 0.3) is 21.7 Å². The Morgan fingerprint density at radius 3 is 3.06 bits per heavy atom. The lowest BCUT2D eigenvalue weighted by Gasteiger charge is -1.95. The minimum absolute atomic E-state index is 0.606. The number of hydrogen-bond acceptors (Lipinski definition) is 3. The fraction of sp³-hybridized carbons (Fsp3) is 0.154. The molecule has 2 aromatic heterocycles. The maximum absolute atomic E-state index is 5.99. The summed E-state index contributed by atoms with van der Waals surface area (Å²) in [5.74, 6) is 0.866. The minimum atomic E-state index is 0.606. The summed E-state index contributed by atoms with van der Waals surface area (Å²) in [4.78, 5) is 9.04. The van der Waals surface area contributed by atoms with Gasteiger partial charge < -0.3 is 10.7 Å². The third-order valence-corrected chi connectivity index (χ3v) is 4.11. The summed E-state index contributed by atoms with van der Waals surface area (Å²) < 4.78 is 0. The Morgan fingerprint density at radius 2 is 2.28 bits per heavy atom. The summed E-state index contributed by atoms with van der Waals surface area (Å²) in [5.41, 5.74) is 9.49. The summed E-state index contributed by atoms with van der Waals surface area (Å²) in [6, 6.07) is 5.70. The van der Waals surface area contributed by atoms with Crippen LogP contribution in [0.5, 0.6) is 0 Å². The van der Waals surface area contributed by atoms with Crippen molar-refractivity contribution in [3.05, 3.63) is 34.2 Å². The number of nitrogens with zero attached hydrogens (tertiary/aromatic N) is 1. The van der Waals surface area contributed by atoms with Crippen LogP contribution < -0.4 is 5.73 Å². The number of thiophene rings is 1. The van der Waals surface area contributed by atoms with E-state index in [0.29, 0.717) is 10.7 Å². The molecule has 0 spiro atoms. The number of nitrogens with two attached hydrogens (primary N) is 1. The van der Waals surface area contributed by atoms with Crippen LogP contribution in [-0.4, -0.2) is 9.97 Å². The van der Waals surface area contributed by atoms with E-state index < -0.39 is 0 Å². The molecule has 18 heavy (non-hydrogen) atoms. The molecular weight excluding hydrogens is 266 g/mol. The van der Waals surface area contributed by atoms with Crippen molar-refractivity contribution >= 4 is 39.7 Å². The molecule has 3 nitrogen and oxygen atoms in total. The van der Waals surface area contributed by atoms with E-state index in [9.17, 15) is 0 Å². The van der Waals surface area contributed by atoms with Gasteiger partial charge in [-0.25, -0.2) is 4.98 Å². The average molecular weight is 278 g/mol. The lowest BCUT2D eigenvalue weighted by Crippen LogP contribution is -1.86. The number of fused-ring (bicyclic) bond motifs is 1. The van der Waals surface area contributed by atoms with Gasteiger partial charge in [0.15, 0.2) is 0 Å². The molecule has 0 bridgehead atoms. The van der Waals surface area contributed by atoms with Gasteiger partial charge in [0.2, 0.25) is 0 Å². The molecule has 0 aliphatic carbocycles. The molecule has 5 heteroatoms. The third-order valence-electron chi connectivity index (χ3n) is 2.92. The zero-order valence-corrected chi connectivity index (χ0v) is 11.4. The van der Waals surface area contributed by atoms with E-state index in [0.717, 1.165) is 23.3 Å². The van der Waals surface area contributed by atoms with Crippen LogP contribution in [0.2, 0.25) is 5.02 Å². The van der Waals surface area contributed by atoms with Crippen LogP contribution in [0, 0.1) is 0 Å². The number of imidazole rings is 1. The van der Waals surface area contributed by atoms with Crippen molar-refractivity contribution in [2.75, 3.05) is 5.73 Å². The van der Waals surface area contributed by atoms with Crippen molar-refractivity contribution in [3.63, 3.8) is 0 Å². The quantitative estimate of drug-likeness (QED) is 0.693. The van der Waals surface area contributed by atoms with Crippen LogP contribution in [0.15, 0.2) is 23.6 Å². The molecular formula is C13H12ClN3S. The molecule has 3 aromatic rings. The SMILES string of the molecule is CCc1ccsc1-c1nc2c(N)cc(Cl)cc2[nH]1. The second-order valence-corrected chi connectivity index (χ2v) is 5.46. The fourth-order valence-electron chi connectivity index (χ4n) is 2.04. The normalized spacial score (nSPS) is 11.2. The Kier molecular flexibility index (Phi) is 2.76. The number of aryl methyl sites for hydroxylation is 1. The van der Waals surface area contributed by atoms with Crippen molar-refractivity contribution in [1.82, 2.24) is 9.97 Å². The van der Waals surface area contributed by atoms with Crippen molar-refractivity contribution in [2.45, 2.75) is 13.3 Å². The summed E-state index contributed by atoms with van der Waals surface area (Å²) in [6.07, 6.45) is 0.992. The van der Waals surface area contributed by atoms with Gasteiger partial charge in [-0.15, -0.1) is 11.3 Å². The molecule has 0 aliphatic heterocycles. The predicted octanol–water partition coefficient (Wildman–Crippen LogP) is 4.09. The smallest absolute Gasteiger partial charge is 0.148 e. The van der Waals surface area contributed by atoms with Crippen molar-refractivity contribution in [2.24, 2.45) is 0 Å². The van der Waals surface area contributed by atoms with Crippen LogP contribution >= 0.6 is 22.9 Å². The number of aromatic amines is 1. The molecule has 0 fully saturated rings. The number of nitrogen functional groups attached to an aromatic ring is 1. The molecule has 0 saturated heterocycles. The molecule has 92 valence electrons. The highest BCUT2D eigenvalue weighted by molar-refractivity contribution is 7.13. The summed E-state index contributed by atoms with van der Waals surface area (Å²) in [5, 5.41) is 2.70. The first-order valence-corrected chi connectivity index (χ1v) is 6.96. The van der Waals surface area contributed by atoms with E-state index in [1.54, 1.807) is 17.4 Å². The molecule has 3 N–H and O–H groups in total. The molecule has 0 atom stereocenters. The topological polar surface area (TPSA) is 54.7 Å². The van der Waals surface area contributed by atoms with Gasteiger partial charge in [-0.3, -0.25) is 0 Å². The van der Waals surface area contributed by atoms with E-state index >= 15 is 0 Å². The zero-order valence-electron chi connectivity index (χ0n) is 9.83. The van der Waals surface area contributed by atoms with Gasteiger partial charge in [-0.2, -0.15) is 0 Å². The highest BCUT2D eigenvalue weighted by Crippen LogP contribution is 2.32. The van der Waals surface area contributed by atoms with Gasteiger partial charge in [-0.05, 0) is 35.6 Å². The molecule has 3 rings (SSSR count). The number of halogens is 1. The van der Waals surface area contributed by atoms with E-state index in [4.69, 9.17) is 17.3 Å². The largest absolute Gasteiger partial charge is 0.397 e. The Bertz CT molecular complexity index is 714. The zero-order chi connectivity index (χ0) is 12.7.